The minimum atomic E-state index is -1.07. The molecule has 0 spiro atoms. The van der Waals surface area contributed by atoms with Crippen molar-refractivity contribution in [3.8, 4) is 5.75 Å². The molecule has 3 heterocycles. The zero-order valence-electron chi connectivity index (χ0n) is 17.3. The second-order valence-electron chi connectivity index (χ2n) is 7.79. The summed E-state index contributed by atoms with van der Waals surface area (Å²) >= 11 is 1.15. The number of ketones is 1. The van der Waals surface area contributed by atoms with E-state index < -0.39 is 22.7 Å². The monoisotopic (exact) mass is 463 g/mol. The van der Waals surface area contributed by atoms with Crippen LogP contribution < -0.4 is 9.64 Å². The summed E-state index contributed by atoms with van der Waals surface area (Å²) < 4.78 is 5.70. The minimum absolute atomic E-state index is 0.00209. The van der Waals surface area contributed by atoms with E-state index in [0.717, 1.165) is 16.9 Å². The number of aromatic nitrogens is 1. The van der Waals surface area contributed by atoms with Crippen LogP contribution in [0.4, 0.5) is 10.8 Å². The Morgan fingerprint density at radius 1 is 1.27 bits per heavy atom. The van der Waals surface area contributed by atoms with Crippen molar-refractivity contribution in [2.24, 2.45) is 0 Å². The van der Waals surface area contributed by atoms with Gasteiger partial charge in [0.15, 0.2) is 5.13 Å². The number of aliphatic hydroxyl groups excluding tert-OH is 1. The third-order valence-electron chi connectivity index (χ3n) is 5.64. The van der Waals surface area contributed by atoms with Crippen molar-refractivity contribution < 1.29 is 24.4 Å². The average Bonchev–Trinajstić information content (AvgIpc) is 3.51. The van der Waals surface area contributed by atoms with E-state index in [-0.39, 0.29) is 28.3 Å². The van der Waals surface area contributed by atoms with Crippen LogP contribution in [-0.4, -0.2) is 32.8 Å². The second-order valence-corrected chi connectivity index (χ2v) is 8.66. The number of hydrogen-bond donors (Lipinski definition) is 1. The van der Waals surface area contributed by atoms with Crippen molar-refractivity contribution >= 4 is 39.6 Å². The lowest BCUT2D eigenvalue weighted by Crippen LogP contribution is -2.29. The third-order valence-corrected chi connectivity index (χ3v) is 6.41. The Balaban J connectivity index is 1.70. The molecule has 33 heavy (non-hydrogen) atoms. The molecule has 0 saturated carbocycles. The van der Waals surface area contributed by atoms with Crippen LogP contribution in [0, 0.1) is 10.1 Å². The molecule has 1 saturated heterocycles. The van der Waals surface area contributed by atoms with Gasteiger partial charge in [0.25, 0.3) is 11.5 Å². The van der Waals surface area contributed by atoms with Crippen molar-refractivity contribution in [2.75, 3.05) is 4.90 Å². The van der Waals surface area contributed by atoms with Gasteiger partial charge >= 0.3 is 5.91 Å². The number of aliphatic hydroxyl groups is 1. The molecule has 2 aromatic carbocycles. The van der Waals surface area contributed by atoms with E-state index in [4.69, 9.17) is 4.74 Å². The molecule has 0 unspecified atom stereocenters. The molecule has 0 radical (unpaired) electrons. The fourth-order valence-electron chi connectivity index (χ4n) is 4.21. The van der Waals surface area contributed by atoms with Crippen LogP contribution in [0.2, 0.25) is 0 Å². The number of rotatable bonds is 4. The molecule has 9 nitrogen and oxygen atoms in total. The van der Waals surface area contributed by atoms with Crippen molar-refractivity contribution in [3.05, 3.63) is 86.4 Å². The van der Waals surface area contributed by atoms with E-state index >= 15 is 0 Å². The summed E-state index contributed by atoms with van der Waals surface area (Å²) in [5.41, 5.74) is 1.22. The summed E-state index contributed by atoms with van der Waals surface area (Å²) in [5.74, 6) is -1.39. The molecule has 166 valence electrons. The van der Waals surface area contributed by atoms with E-state index in [0.29, 0.717) is 23.3 Å². The lowest BCUT2D eigenvalue weighted by atomic mass is 9.94. The fraction of sp³-hybridized carbons (Fsp3) is 0.174. The summed E-state index contributed by atoms with van der Waals surface area (Å²) in [6.07, 6.45) is 2.14. The van der Waals surface area contributed by atoms with Gasteiger partial charge in [0.05, 0.1) is 16.5 Å². The highest BCUT2D eigenvalue weighted by Gasteiger charge is 2.48. The van der Waals surface area contributed by atoms with Gasteiger partial charge < -0.3 is 9.84 Å². The maximum atomic E-state index is 13.1. The largest absolute Gasteiger partial charge is 0.507 e. The topological polar surface area (TPSA) is 123 Å². The number of carbonyl (C=O) groups is 2. The standard InChI is InChI=1S/C23H17N3O6S/c1-12-9-15-10-14(5-6-17(15)32-12)20(27)18-19(13-3-2-4-16(11-13)26(30)31)25(22(29)21(18)28)23-24-7-8-33-23/h2-8,10-12,19,27H,9H2,1H3/t12-,19+/m1/s1. The summed E-state index contributed by atoms with van der Waals surface area (Å²) in [4.78, 5) is 42.3. The number of Topliss-reactive ketones (excluding diaryl/α,β-unsaturated/α-hetero) is 1. The first-order chi connectivity index (χ1) is 15.8. The SMILES string of the molecule is C[C@@H]1Cc2cc(C(O)=C3C(=O)C(=O)N(c4nccs4)[C@H]3c3cccc([N+](=O)[O-])c3)ccc2O1. The summed E-state index contributed by atoms with van der Waals surface area (Å²) in [5, 5.41) is 24.5. The fourth-order valence-corrected chi connectivity index (χ4v) is 4.88. The van der Waals surface area contributed by atoms with E-state index in [2.05, 4.69) is 4.98 Å². The Labute approximate surface area is 191 Å². The Bertz CT molecular complexity index is 1330. The van der Waals surface area contributed by atoms with Crippen LogP contribution in [0.3, 0.4) is 0 Å². The molecule has 0 aliphatic carbocycles. The number of hydrogen-bond acceptors (Lipinski definition) is 8. The predicted octanol–water partition coefficient (Wildman–Crippen LogP) is 4.00. The number of benzene rings is 2. The molecule has 2 atom stereocenters. The zero-order valence-corrected chi connectivity index (χ0v) is 18.1. The van der Waals surface area contributed by atoms with Gasteiger partial charge in [-0.1, -0.05) is 12.1 Å². The number of nitro benzene ring substituents is 1. The smallest absolute Gasteiger partial charge is 0.301 e. The molecular formula is C23H17N3O6S. The van der Waals surface area contributed by atoms with Gasteiger partial charge in [0, 0.05) is 35.7 Å². The molecule has 3 aromatic rings. The number of nitro groups is 1. The minimum Gasteiger partial charge on any atom is -0.507 e. The lowest BCUT2D eigenvalue weighted by Gasteiger charge is -2.22. The van der Waals surface area contributed by atoms with Crippen molar-refractivity contribution in [1.29, 1.82) is 0 Å². The van der Waals surface area contributed by atoms with Gasteiger partial charge in [-0.3, -0.25) is 24.6 Å². The highest BCUT2D eigenvalue weighted by Crippen LogP contribution is 2.43. The highest BCUT2D eigenvalue weighted by molar-refractivity contribution is 7.14. The van der Waals surface area contributed by atoms with Gasteiger partial charge in [0.1, 0.15) is 17.6 Å². The second kappa shape index (κ2) is 7.82. The number of fused-ring (bicyclic) bond motifs is 1. The molecule has 5 rings (SSSR count). The van der Waals surface area contributed by atoms with Gasteiger partial charge in [-0.2, -0.15) is 0 Å². The summed E-state index contributed by atoms with van der Waals surface area (Å²) in [7, 11) is 0. The normalized spacial score (nSPS) is 21.2. The van der Waals surface area contributed by atoms with Crippen LogP contribution in [0.25, 0.3) is 5.76 Å². The number of amides is 1. The van der Waals surface area contributed by atoms with Crippen LogP contribution >= 0.6 is 11.3 Å². The van der Waals surface area contributed by atoms with Crippen molar-refractivity contribution in [1.82, 2.24) is 4.98 Å². The molecule has 2 aliphatic rings. The van der Waals surface area contributed by atoms with Crippen LogP contribution in [-0.2, 0) is 16.0 Å². The van der Waals surface area contributed by atoms with Crippen molar-refractivity contribution in [2.45, 2.75) is 25.5 Å². The van der Waals surface area contributed by atoms with E-state index in [9.17, 15) is 24.8 Å². The van der Waals surface area contributed by atoms with Crippen LogP contribution in [0.1, 0.15) is 29.7 Å². The molecule has 1 fully saturated rings. The number of anilines is 1. The maximum Gasteiger partial charge on any atom is 0.301 e. The summed E-state index contributed by atoms with van der Waals surface area (Å²) in [6.45, 7) is 1.93. The maximum absolute atomic E-state index is 13.1. The Hall–Kier alpha value is -4.05. The van der Waals surface area contributed by atoms with Crippen molar-refractivity contribution in [3.63, 3.8) is 0 Å². The van der Waals surface area contributed by atoms with Gasteiger partial charge in [-0.05, 0) is 36.2 Å². The van der Waals surface area contributed by atoms with E-state index in [1.807, 2.05) is 6.92 Å². The Morgan fingerprint density at radius 2 is 2.09 bits per heavy atom. The lowest BCUT2D eigenvalue weighted by molar-refractivity contribution is -0.384. The first-order valence-electron chi connectivity index (χ1n) is 10.1. The summed E-state index contributed by atoms with van der Waals surface area (Å²) in [6, 6.07) is 9.66. The molecule has 0 bridgehead atoms. The highest BCUT2D eigenvalue weighted by atomic mass is 32.1. The Kier molecular flexibility index (Phi) is 4.94. The average molecular weight is 463 g/mol. The van der Waals surface area contributed by atoms with E-state index in [1.165, 1.54) is 29.3 Å². The third kappa shape index (κ3) is 3.44. The molecule has 1 amide bonds. The molecule has 2 aliphatic heterocycles. The molecular weight excluding hydrogens is 446 g/mol. The van der Waals surface area contributed by atoms with Gasteiger partial charge in [-0.25, -0.2) is 4.98 Å². The van der Waals surface area contributed by atoms with Crippen LogP contribution in [0.5, 0.6) is 5.75 Å². The molecule has 10 heteroatoms. The van der Waals surface area contributed by atoms with Gasteiger partial charge in [0.2, 0.25) is 0 Å². The first kappa shape index (κ1) is 20.8. The zero-order chi connectivity index (χ0) is 23.3. The predicted molar refractivity (Wildman–Crippen MR) is 120 cm³/mol. The number of nitrogens with zero attached hydrogens (tertiary/aromatic N) is 3. The van der Waals surface area contributed by atoms with Gasteiger partial charge in [-0.15, -0.1) is 11.3 Å². The number of carbonyl (C=O) groups excluding carboxylic acids is 2. The Morgan fingerprint density at radius 3 is 2.82 bits per heavy atom. The van der Waals surface area contributed by atoms with Crippen LogP contribution in [0.15, 0.2) is 59.6 Å². The molecule has 1 aromatic heterocycles. The van der Waals surface area contributed by atoms with E-state index in [1.54, 1.807) is 29.6 Å². The quantitative estimate of drug-likeness (QED) is 0.204. The molecule has 1 N–H and O–H groups in total. The number of non-ortho nitro benzene ring substituents is 1. The number of ether oxygens (including phenoxy) is 1. The number of thiazole rings is 1. The first-order valence-corrected chi connectivity index (χ1v) is 11.0.